The van der Waals surface area contributed by atoms with Crippen molar-refractivity contribution in [2.24, 2.45) is 0 Å². The second kappa shape index (κ2) is 10.7. The third kappa shape index (κ3) is 7.31. The van der Waals surface area contributed by atoms with E-state index in [-0.39, 0.29) is 32.1 Å². The van der Waals surface area contributed by atoms with Crippen molar-refractivity contribution in [2.75, 3.05) is 13.2 Å². The molecule has 2 amide bonds. The van der Waals surface area contributed by atoms with E-state index in [0.29, 0.717) is 17.0 Å². The number of hydroxylamine groups is 2. The lowest BCUT2D eigenvalue weighted by Gasteiger charge is -2.22. The summed E-state index contributed by atoms with van der Waals surface area (Å²) in [5.74, 6) is -1.04. The van der Waals surface area contributed by atoms with Crippen LogP contribution in [-0.4, -0.2) is 52.6 Å². The fourth-order valence-electron chi connectivity index (χ4n) is 2.84. The Morgan fingerprint density at radius 2 is 1.76 bits per heavy atom. The zero-order chi connectivity index (χ0) is 18.1. The van der Waals surface area contributed by atoms with Gasteiger partial charge in [0.2, 0.25) is 0 Å². The molecule has 0 aromatic heterocycles. The first-order valence-electron chi connectivity index (χ1n) is 8.83. The maximum Gasteiger partial charge on any atom is 0.407 e. The Labute approximate surface area is 151 Å². The molecule has 1 atom stereocenters. The molecule has 25 heavy (non-hydrogen) atoms. The molecule has 0 aromatic carbocycles. The molecule has 1 heterocycles. The minimum atomic E-state index is -0.822. The largest absolute Gasteiger partial charge is 0.407 e. The lowest BCUT2D eigenvalue weighted by molar-refractivity contribution is -0.169. The Morgan fingerprint density at radius 3 is 2.40 bits per heavy atom. The van der Waals surface area contributed by atoms with Crippen LogP contribution in [-0.2, 0) is 19.2 Å². The Morgan fingerprint density at radius 1 is 1.16 bits per heavy atom. The van der Waals surface area contributed by atoms with Crippen LogP contribution in [0.25, 0.3) is 0 Å². The highest BCUT2D eigenvalue weighted by Gasteiger charge is 2.33. The van der Waals surface area contributed by atoms with Crippen molar-refractivity contribution in [3.63, 3.8) is 0 Å². The Balaban J connectivity index is 1.56. The first kappa shape index (κ1) is 20.2. The van der Waals surface area contributed by atoms with Crippen molar-refractivity contribution in [2.45, 2.75) is 70.0 Å². The summed E-state index contributed by atoms with van der Waals surface area (Å²) in [6.07, 6.45) is 7.71. The Kier molecular flexibility index (Phi) is 8.66. The summed E-state index contributed by atoms with van der Waals surface area (Å²) in [5.41, 5.74) is 0. The zero-order valence-corrected chi connectivity index (χ0v) is 15.1. The van der Waals surface area contributed by atoms with Gasteiger partial charge in [0.1, 0.15) is 0 Å². The van der Waals surface area contributed by atoms with E-state index in [1.54, 1.807) is 0 Å². The zero-order valence-electron chi connectivity index (χ0n) is 14.3. The van der Waals surface area contributed by atoms with E-state index in [2.05, 4.69) is 9.56 Å². The average molecular weight is 374 g/mol. The maximum atomic E-state index is 11.6. The molecule has 2 N–H and O–H groups in total. The molecule has 1 aliphatic heterocycles. The van der Waals surface area contributed by atoms with Gasteiger partial charge in [0.25, 0.3) is 11.8 Å². The molecule has 9 heteroatoms. The smallest absolute Gasteiger partial charge is 0.389 e. The topological polar surface area (TPSA) is 105 Å². The summed E-state index contributed by atoms with van der Waals surface area (Å²) >= 11 is 0.590. The molecule has 2 rings (SSSR count). The van der Waals surface area contributed by atoms with Crippen LogP contribution in [0.1, 0.15) is 57.8 Å². The lowest BCUT2D eigenvalue weighted by Crippen LogP contribution is -2.33. The third-order valence-electron chi connectivity index (χ3n) is 4.22. The number of ether oxygens (including phenoxy) is 1. The number of aliphatic hydroxyl groups is 1. The van der Waals surface area contributed by atoms with E-state index in [1.165, 1.54) is 19.3 Å². The van der Waals surface area contributed by atoms with Crippen molar-refractivity contribution in [1.29, 1.82) is 0 Å². The van der Waals surface area contributed by atoms with E-state index in [0.717, 1.165) is 25.7 Å². The van der Waals surface area contributed by atoms with Crippen LogP contribution in [0.2, 0.25) is 0 Å². The number of hydrogen-bond acceptors (Lipinski definition) is 8. The van der Waals surface area contributed by atoms with Crippen LogP contribution in [0.3, 0.4) is 0 Å². The molecule has 1 aliphatic carbocycles. The molecule has 8 nitrogen and oxygen atoms in total. The van der Waals surface area contributed by atoms with Gasteiger partial charge in [-0.1, -0.05) is 32.1 Å². The van der Waals surface area contributed by atoms with Gasteiger partial charge < -0.3 is 14.7 Å². The molecule has 142 valence electrons. The first-order chi connectivity index (χ1) is 12.1. The van der Waals surface area contributed by atoms with Gasteiger partial charge >= 0.3 is 5.30 Å². The summed E-state index contributed by atoms with van der Waals surface area (Å²) in [6.45, 7) is 0.338. The highest BCUT2D eigenvalue weighted by Crippen LogP contribution is 2.19. The molecule has 1 saturated heterocycles. The predicted molar refractivity (Wildman–Crippen MR) is 91.2 cm³/mol. The molecule has 0 bridgehead atoms. The van der Waals surface area contributed by atoms with Crippen molar-refractivity contribution in [3.8, 4) is 0 Å². The fraction of sp³-hybridized carbons (Fsp3) is 0.812. The molecule has 1 unspecified atom stereocenters. The molecule has 0 radical (unpaired) electrons. The van der Waals surface area contributed by atoms with E-state index in [4.69, 9.17) is 4.74 Å². The van der Waals surface area contributed by atoms with Gasteiger partial charge in [0.05, 0.1) is 18.8 Å². The predicted octanol–water partition coefficient (Wildman–Crippen LogP) is 1.92. The van der Waals surface area contributed by atoms with Gasteiger partial charge in [-0.2, -0.15) is 0 Å². The number of imide groups is 1. The maximum absolute atomic E-state index is 11.6. The average Bonchev–Trinajstić information content (AvgIpc) is 2.86. The molecule has 2 fully saturated rings. The van der Waals surface area contributed by atoms with Gasteiger partial charge in [0.15, 0.2) is 0 Å². The van der Waals surface area contributed by atoms with Crippen LogP contribution in [0, 0.1) is 0 Å². The minimum absolute atomic E-state index is 0.0570. The molecule has 0 aromatic rings. The van der Waals surface area contributed by atoms with E-state index < -0.39 is 23.2 Å². The quantitative estimate of drug-likeness (QED) is 0.514. The number of hydrogen-bond donors (Lipinski definition) is 2. The van der Waals surface area contributed by atoms with Gasteiger partial charge in [-0.15, -0.1) is 5.06 Å². The number of carbonyl (C=O) groups excluding carboxylic acids is 3. The van der Waals surface area contributed by atoms with Gasteiger partial charge in [-0.25, -0.2) is 4.79 Å². The molecule has 2 aliphatic rings. The second-order valence-electron chi connectivity index (χ2n) is 6.33. The monoisotopic (exact) mass is 374 g/mol. The van der Waals surface area contributed by atoms with Crippen molar-refractivity contribution in [1.82, 2.24) is 9.79 Å². The summed E-state index contributed by atoms with van der Waals surface area (Å²) in [7, 11) is 0. The summed E-state index contributed by atoms with van der Waals surface area (Å²) in [6, 6.07) is 0. The van der Waals surface area contributed by atoms with Crippen molar-refractivity contribution in [3.05, 3.63) is 0 Å². The van der Waals surface area contributed by atoms with E-state index in [9.17, 15) is 19.5 Å². The SMILES string of the molecule is O=C(ON1C(=O)CCC1=O)SNCC(O)COC1CCCCCCC1. The van der Waals surface area contributed by atoms with Crippen LogP contribution >= 0.6 is 11.9 Å². The lowest BCUT2D eigenvalue weighted by atomic mass is 9.98. The summed E-state index contributed by atoms with van der Waals surface area (Å²) in [5, 5.41) is 9.58. The summed E-state index contributed by atoms with van der Waals surface area (Å²) in [4.78, 5) is 38.9. The first-order valence-corrected chi connectivity index (χ1v) is 9.65. The number of rotatable bonds is 7. The van der Waals surface area contributed by atoms with Gasteiger partial charge in [-0.05, 0) is 12.8 Å². The van der Waals surface area contributed by atoms with Crippen LogP contribution < -0.4 is 4.72 Å². The second-order valence-corrected chi connectivity index (χ2v) is 7.15. The van der Waals surface area contributed by atoms with Crippen molar-refractivity contribution >= 4 is 29.1 Å². The standard InChI is InChI=1S/C16H26N2O6S/c19-12(11-23-13-6-4-2-1-3-5-7-13)10-17-25-16(22)24-18-14(20)8-9-15(18)21/h12-13,17,19H,1-11H2. The number of nitrogens with zero attached hydrogens (tertiary/aromatic N) is 1. The Hall–Kier alpha value is -1.16. The van der Waals surface area contributed by atoms with E-state index in [1.807, 2.05) is 0 Å². The van der Waals surface area contributed by atoms with Crippen LogP contribution in [0.15, 0.2) is 0 Å². The minimum Gasteiger partial charge on any atom is -0.389 e. The number of amides is 2. The van der Waals surface area contributed by atoms with Gasteiger partial charge in [-0.3, -0.25) is 14.3 Å². The fourth-order valence-corrected chi connectivity index (χ4v) is 3.34. The highest BCUT2D eigenvalue weighted by molar-refractivity contribution is 8.11. The molecular formula is C16H26N2O6S. The highest BCUT2D eigenvalue weighted by atomic mass is 32.2. The van der Waals surface area contributed by atoms with Crippen molar-refractivity contribution < 1.29 is 29.1 Å². The number of aliphatic hydroxyl groups excluding tert-OH is 1. The number of nitrogens with one attached hydrogen (secondary N) is 1. The molecule has 1 saturated carbocycles. The van der Waals surface area contributed by atoms with Gasteiger partial charge in [0, 0.05) is 31.3 Å². The summed E-state index contributed by atoms with van der Waals surface area (Å²) < 4.78 is 8.42. The third-order valence-corrected chi connectivity index (χ3v) is 4.77. The van der Waals surface area contributed by atoms with E-state index >= 15 is 0 Å². The number of carbonyl (C=O) groups is 3. The van der Waals surface area contributed by atoms with Crippen LogP contribution in [0.5, 0.6) is 0 Å². The van der Waals surface area contributed by atoms with Crippen LogP contribution in [0.4, 0.5) is 4.79 Å². The Bertz CT molecular complexity index is 452. The molecular weight excluding hydrogens is 348 g/mol. The molecule has 0 spiro atoms. The normalized spacial score (nSPS) is 21.1.